The van der Waals surface area contributed by atoms with E-state index in [-0.39, 0.29) is 22.0 Å². The molecule has 2 aromatic rings. The Morgan fingerprint density at radius 3 is 2.15 bits per heavy atom. The fourth-order valence-electron chi connectivity index (χ4n) is 3.29. The van der Waals surface area contributed by atoms with Crippen LogP contribution in [0.15, 0.2) is 58.3 Å². The van der Waals surface area contributed by atoms with Crippen molar-refractivity contribution in [3.63, 3.8) is 0 Å². The summed E-state index contributed by atoms with van der Waals surface area (Å²) in [5.74, 6) is -0.541. The van der Waals surface area contributed by atoms with Crippen LogP contribution in [0.4, 0.5) is 10.5 Å². The van der Waals surface area contributed by atoms with Crippen LogP contribution >= 0.6 is 0 Å². The van der Waals surface area contributed by atoms with E-state index in [1.807, 2.05) is 4.72 Å². The van der Waals surface area contributed by atoms with Gasteiger partial charge in [0.15, 0.2) is 6.19 Å². The number of hydrogen-bond acceptors (Lipinski definition) is 7. The highest BCUT2D eigenvalue weighted by Crippen LogP contribution is 2.21. The summed E-state index contributed by atoms with van der Waals surface area (Å²) in [4.78, 5) is 26.3. The van der Waals surface area contributed by atoms with Crippen molar-refractivity contribution in [1.82, 2.24) is 14.3 Å². The van der Waals surface area contributed by atoms with Crippen molar-refractivity contribution in [3.8, 4) is 6.19 Å². The van der Waals surface area contributed by atoms with Gasteiger partial charge in [-0.3, -0.25) is 4.79 Å². The number of aryl methyl sites for hydroxylation is 1. The van der Waals surface area contributed by atoms with Crippen LogP contribution in [-0.2, 0) is 24.8 Å². The van der Waals surface area contributed by atoms with Gasteiger partial charge in [-0.2, -0.15) is 5.26 Å². The van der Waals surface area contributed by atoms with Gasteiger partial charge in [0.25, 0.3) is 20.0 Å². The Morgan fingerprint density at radius 1 is 0.970 bits per heavy atom. The molecule has 2 aromatic carbocycles. The number of urea groups is 1. The van der Waals surface area contributed by atoms with Crippen molar-refractivity contribution in [2.75, 3.05) is 11.9 Å². The predicted octanol–water partition coefficient (Wildman–Crippen LogP) is 1.26. The van der Waals surface area contributed by atoms with Crippen LogP contribution in [0.25, 0.3) is 0 Å². The van der Waals surface area contributed by atoms with Crippen molar-refractivity contribution in [2.45, 2.75) is 35.6 Å². The molecule has 0 aromatic heterocycles. The first kappa shape index (κ1) is 24.0. The van der Waals surface area contributed by atoms with Crippen LogP contribution in [-0.4, -0.2) is 46.3 Å². The number of carbonyl (C=O) groups excluding carboxylic acids is 2. The van der Waals surface area contributed by atoms with E-state index in [2.05, 4.69) is 5.32 Å². The summed E-state index contributed by atoms with van der Waals surface area (Å²) < 4.78 is 52.3. The molecule has 0 saturated carbocycles. The van der Waals surface area contributed by atoms with E-state index in [1.165, 1.54) is 42.6 Å². The molecule has 0 bridgehead atoms. The highest BCUT2D eigenvalue weighted by atomic mass is 32.2. The molecule has 174 valence electrons. The Labute approximate surface area is 191 Å². The molecule has 1 heterocycles. The van der Waals surface area contributed by atoms with E-state index >= 15 is 0 Å². The van der Waals surface area contributed by atoms with Crippen molar-refractivity contribution in [2.24, 2.45) is 0 Å². The summed E-state index contributed by atoms with van der Waals surface area (Å²) >= 11 is 0. The maximum atomic E-state index is 12.7. The number of rotatable bonds is 6. The summed E-state index contributed by atoms with van der Waals surface area (Å²) in [5.41, 5.74) is 1.14. The number of hydrogen-bond donors (Lipinski definition) is 3. The van der Waals surface area contributed by atoms with Crippen molar-refractivity contribution >= 4 is 37.7 Å². The van der Waals surface area contributed by atoms with Gasteiger partial charge in [0, 0.05) is 12.2 Å². The van der Waals surface area contributed by atoms with Gasteiger partial charge in [-0.25, -0.2) is 31.1 Å². The fourth-order valence-corrected chi connectivity index (χ4v) is 4.99. The number of nitrogens with one attached hydrogen (secondary N) is 3. The number of carbonyl (C=O) groups is 2. The molecule has 33 heavy (non-hydrogen) atoms. The van der Waals surface area contributed by atoms with E-state index in [0.29, 0.717) is 12.8 Å². The average molecular weight is 492 g/mol. The number of benzene rings is 2. The summed E-state index contributed by atoms with van der Waals surface area (Å²) in [6, 6.07) is 9.28. The molecule has 0 unspecified atom stereocenters. The zero-order chi connectivity index (χ0) is 24.2. The Hall–Kier alpha value is -3.63. The predicted molar refractivity (Wildman–Crippen MR) is 118 cm³/mol. The molecule has 3 rings (SSSR count). The van der Waals surface area contributed by atoms with Crippen molar-refractivity contribution in [3.05, 3.63) is 54.1 Å². The third-order valence-electron chi connectivity index (χ3n) is 4.98. The quantitative estimate of drug-likeness (QED) is 0.404. The topological polar surface area (TPSA) is 166 Å². The highest BCUT2D eigenvalue weighted by Gasteiger charge is 2.36. The minimum Gasteiger partial charge on any atom is -0.324 e. The minimum atomic E-state index is -4.10. The first-order valence-corrected chi connectivity index (χ1v) is 12.7. The molecular formula is C20H21N5O6S2. The van der Waals surface area contributed by atoms with Crippen LogP contribution in [0, 0.1) is 18.4 Å². The van der Waals surface area contributed by atoms with E-state index < -0.39 is 38.0 Å². The van der Waals surface area contributed by atoms with Gasteiger partial charge in [0.2, 0.25) is 5.91 Å². The molecule has 1 atom stereocenters. The largest absolute Gasteiger partial charge is 0.331 e. The normalized spacial score (nSPS) is 16.0. The van der Waals surface area contributed by atoms with Crippen LogP contribution in [0.5, 0.6) is 0 Å². The van der Waals surface area contributed by atoms with E-state index in [0.717, 1.165) is 10.5 Å². The number of anilines is 1. The second kappa shape index (κ2) is 9.47. The standard InChI is InChI=1S/C20H21N5O6S2/c1-14-4-8-17(9-5-14)33(30,31)24-20(27)25-12-2-3-18(25)19(26)23-15-6-10-16(11-7-15)32(28,29)22-13-21/h4-11,18,22H,2-3,12H2,1H3,(H,23,26)(H,24,27)/t18-/m0/s1. The fraction of sp³-hybridized carbons (Fsp3) is 0.250. The Balaban J connectivity index is 1.68. The second-order valence-electron chi connectivity index (χ2n) is 7.31. The lowest BCUT2D eigenvalue weighted by molar-refractivity contribution is -0.119. The maximum absolute atomic E-state index is 12.7. The molecule has 0 aliphatic carbocycles. The molecule has 3 N–H and O–H groups in total. The van der Waals surface area contributed by atoms with Gasteiger partial charge < -0.3 is 10.2 Å². The Bertz CT molecular complexity index is 1300. The Kier molecular flexibility index (Phi) is 6.89. The summed E-state index contributed by atoms with van der Waals surface area (Å²) in [6.45, 7) is 2.00. The minimum absolute atomic E-state index is 0.0671. The number of nitriles is 1. The molecule has 3 amide bonds. The third-order valence-corrected chi connectivity index (χ3v) is 7.57. The van der Waals surface area contributed by atoms with Crippen LogP contribution in [0.2, 0.25) is 0 Å². The van der Waals surface area contributed by atoms with Gasteiger partial charge in [-0.1, -0.05) is 17.7 Å². The first-order chi connectivity index (χ1) is 15.5. The lowest BCUT2D eigenvalue weighted by Gasteiger charge is -2.24. The van der Waals surface area contributed by atoms with Gasteiger partial charge >= 0.3 is 6.03 Å². The van der Waals surface area contributed by atoms with Gasteiger partial charge in [0.05, 0.1) is 9.79 Å². The van der Waals surface area contributed by atoms with Crippen LogP contribution in [0.1, 0.15) is 18.4 Å². The molecule has 1 aliphatic heterocycles. The van der Waals surface area contributed by atoms with Crippen molar-refractivity contribution < 1.29 is 26.4 Å². The zero-order valence-electron chi connectivity index (χ0n) is 17.5. The van der Waals surface area contributed by atoms with Gasteiger partial charge in [-0.05, 0) is 56.2 Å². The molecule has 1 aliphatic rings. The maximum Gasteiger partial charge on any atom is 0.331 e. The number of sulfonamides is 2. The molecule has 1 fully saturated rings. The lowest BCUT2D eigenvalue weighted by Crippen LogP contribution is -2.49. The van der Waals surface area contributed by atoms with Crippen LogP contribution in [0.3, 0.4) is 0 Å². The third kappa shape index (κ3) is 5.60. The first-order valence-electron chi connectivity index (χ1n) is 9.75. The van der Waals surface area contributed by atoms with Gasteiger partial charge in [-0.15, -0.1) is 0 Å². The molecule has 1 saturated heterocycles. The van der Waals surface area contributed by atoms with Gasteiger partial charge in [0.1, 0.15) is 6.04 Å². The highest BCUT2D eigenvalue weighted by molar-refractivity contribution is 7.90. The van der Waals surface area contributed by atoms with Crippen LogP contribution < -0.4 is 14.8 Å². The molecule has 0 spiro atoms. The molecule has 0 radical (unpaired) electrons. The Morgan fingerprint density at radius 2 is 1.55 bits per heavy atom. The number of nitrogens with zero attached hydrogens (tertiary/aromatic N) is 2. The lowest BCUT2D eigenvalue weighted by atomic mass is 10.2. The molecular weight excluding hydrogens is 470 g/mol. The average Bonchev–Trinajstić information content (AvgIpc) is 3.24. The van der Waals surface area contributed by atoms with E-state index in [9.17, 15) is 26.4 Å². The summed E-state index contributed by atoms with van der Waals surface area (Å²) in [5, 5.41) is 11.1. The molecule has 13 heteroatoms. The summed E-state index contributed by atoms with van der Waals surface area (Å²) in [6.07, 6.45) is 2.18. The van der Waals surface area contributed by atoms with Crippen molar-refractivity contribution in [1.29, 1.82) is 5.26 Å². The smallest absolute Gasteiger partial charge is 0.324 e. The zero-order valence-corrected chi connectivity index (χ0v) is 19.1. The number of amides is 3. The number of likely N-dealkylation sites (tertiary alicyclic amines) is 1. The molecule has 11 nitrogen and oxygen atoms in total. The summed E-state index contributed by atoms with van der Waals surface area (Å²) in [7, 11) is -8.08. The van der Waals surface area contributed by atoms with E-state index in [1.54, 1.807) is 23.8 Å². The van der Waals surface area contributed by atoms with E-state index in [4.69, 9.17) is 5.26 Å². The SMILES string of the molecule is Cc1ccc(S(=O)(=O)NC(=O)N2CCC[C@H]2C(=O)Nc2ccc(S(=O)(=O)NC#N)cc2)cc1. The monoisotopic (exact) mass is 491 g/mol. The second-order valence-corrected chi connectivity index (χ2v) is 10.7.